The molecule has 0 heterocycles. The summed E-state index contributed by atoms with van der Waals surface area (Å²) in [6.07, 6.45) is -0.628. The van der Waals surface area contributed by atoms with Gasteiger partial charge in [0.2, 0.25) is 5.75 Å². The van der Waals surface area contributed by atoms with Crippen molar-refractivity contribution in [2.75, 3.05) is 27.4 Å². The van der Waals surface area contributed by atoms with Crippen LogP contribution in [0.3, 0.4) is 0 Å². The molecule has 216 valence electrons. The minimum atomic E-state index is -1.12. The van der Waals surface area contributed by atoms with Crippen LogP contribution in [-0.2, 0) is 11.2 Å². The summed E-state index contributed by atoms with van der Waals surface area (Å²) in [5.41, 5.74) is 1.84. The highest BCUT2D eigenvalue weighted by molar-refractivity contribution is 5.89. The maximum atomic E-state index is 13.9. The molecular weight excluding hydrogens is 517 g/mol. The van der Waals surface area contributed by atoms with E-state index < -0.39 is 18.2 Å². The number of aromatic carboxylic acids is 1. The van der Waals surface area contributed by atoms with Crippen molar-refractivity contribution in [2.45, 2.75) is 51.9 Å². The summed E-state index contributed by atoms with van der Waals surface area (Å²) >= 11 is 0. The van der Waals surface area contributed by atoms with Gasteiger partial charge in [0.05, 0.1) is 38.6 Å². The fourth-order valence-corrected chi connectivity index (χ4v) is 4.24. The van der Waals surface area contributed by atoms with Crippen LogP contribution in [0.25, 0.3) is 0 Å². The summed E-state index contributed by atoms with van der Waals surface area (Å²) in [4.78, 5) is 11.5. The van der Waals surface area contributed by atoms with Crippen LogP contribution in [-0.4, -0.2) is 55.2 Å². The number of aliphatic hydroxyl groups is 1. The standard InChI is InChI=1S/C31H38FNO7/c1-19-11-12-21(13-25(19)32)16-31(3,4)33-17-23(34)18-39-20(2)24-9-7-8-10-26(24)40-29-27(37-5)14-22(30(35)36)15-28(29)38-6/h7-15,20,23,33-34H,16-18H2,1-6H3,(H,35,36)/t20?,23-/m0/s1. The lowest BCUT2D eigenvalue weighted by Gasteiger charge is -2.28. The smallest absolute Gasteiger partial charge is 0.335 e. The Kier molecular flexibility index (Phi) is 10.5. The number of ether oxygens (including phenoxy) is 4. The monoisotopic (exact) mass is 555 g/mol. The number of rotatable bonds is 14. The lowest BCUT2D eigenvalue weighted by atomic mass is 9.94. The highest BCUT2D eigenvalue weighted by Gasteiger charge is 2.23. The SMILES string of the molecule is COc1cc(C(=O)O)cc(OC)c1Oc1ccccc1C(C)OC[C@@H](O)CNC(C)(C)Cc1ccc(C)c(F)c1. The number of nitrogens with one attached hydrogen (secondary N) is 1. The largest absolute Gasteiger partial charge is 0.493 e. The number of methoxy groups -OCH3 is 2. The van der Waals surface area contributed by atoms with Crippen molar-refractivity contribution in [1.82, 2.24) is 5.32 Å². The van der Waals surface area contributed by atoms with Crippen molar-refractivity contribution in [3.05, 3.63) is 82.7 Å². The van der Waals surface area contributed by atoms with Crippen LogP contribution in [0, 0.1) is 12.7 Å². The highest BCUT2D eigenvalue weighted by atomic mass is 19.1. The van der Waals surface area contributed by atoms with Crippen LogP contribution in [0.2, 0.25) is 0 Å². The summed E-state index contributed by atoms with van der Waals surface area (Å²) in [5.74, 6) is -0.237. The molecule has 3 N–H and O–H groups in total. The van der Waals surface area contributed by atoms with Gasteiger partial charge in [-0.15, -0.1) is 0 Å². The Bertz CT molecular complexity index is 1290. The van der Waals surface area contributed by atoms with E-state index in [1.165, 1.54) is 26.4 Å². The predicted molar refractivity (Wildman–Crippen MR) is 150 cm³/mol. The average molecular weight is 556 g/mol. The summed E-state index contributed by atoms with van der Waals surface area (Å²) in [5, 5.41) is 23.3. The Morgan fingerprint density at radius 1 is 1.02 bits per heavy atom. The van der Waals surface area contributed by atoms with Gasteiger partial charge in [-0.1, -0.05) is 30.3 Å². The van der Waals surface area contributed by atoms with E-state index in [2.05, 4.69) is 5.32 Å². The molecule has 0 spiro atoms. The third-order valence-electron chi connectivity index (χ3n) is 6.51. The van der Waals surface area contributed by atoms with Crippen molar-refractivity contribution in [3.63, 3.8) is 0 Å². The fourth-order valence-electron chi connectivity index (χ4n) is 4.24. The maximum Gasteiger partial charge on any atom is 0.335 e. The van der Waals surface area contributed by atoms with Crippen molar-refractivity contribution >= 4 is 5.97 Å². The molecule has 0 aromatic heterocycles. The molecule has 9 heteroatoms. The van der Waals surface area contributed by atoms with E-state index in [4.69, 9.17) is 18.9 Å². The van der Waals surface area contributed by atoms with E-state index in [0.29, 0.717) is 17.7 Å². The molecule has 0 aliphatic rings. The molecule has 3 aromatic carbocycles. The summed E-state index contributed by atoms with van der Waals surface area (Å²) < 4.78 is 36.8. The molecule has 0 aliphatic heterocycles. The number of carboxylic acids is 1. The van der Waals surface area contributed by atoms with Gasteiger partial charge in [-0.25, -0.2) is 9.18 Å². The number of hydrogen-bond acceptors (Lipinski definition) is 7. The van der Waals surface area contributed by atoms with E-state index in [0.717, 1.165) is 11.1 Å². The molecule has 0 radical (unpaired) electrons. The van der Waals surface area contributed by atoms with E-state index in [1.807, 2.05) is 39.0 Å². The molecular formula is C31H38FNO7. The third-order valence-corrected chi connectivity index (χ3v) is 6.51. The number of para-hydroxylation sites is 1. The van der Waals surface area contributed by atoms with Crippen molar-refractivity contribution in [2.24, 2.45) is 0 Å². The van der Waals surface area contributed by atoms with Crippen LogP contribution in [0.1, 0.15) is 53.9 Å². The van der Waals surface area contributed by atoms with Crippen molar-refractivity contribution < 1.29 is 38.3 Å². The number of benzene rings is 3. The second-order valence-corrected chi connectivity index (χ2v) is 10.3. The molecule has 40 heavy (non-hydrogen) atoms. The number of aliphatic hydroxyl groups excluding tert-OH is 1. The number of hydrogen-bond donors (Lipinski definition) is 3. The van der Waals surface area contributed by atoms with Gasteiger partial charge in [-0.05, 0) is 69.5 Å². The van der Waals surface area contributed by atoms with Gasteiger partial charge in [-0.2, -0.15) is 0 Å². The first-order valence-electron chi connectivity index (χ1n) is 13.0. The maximum absolute atomic E-state index is 13.9. The summed E-state index contributed by atoms with van der Waals surface area (Å²) in [7, 11) is 2.83. The van der Waals surface area contributed by atoms with Gasteiger partial charge in [0.15, 0.2) is 11.5 Å². The number of β-amino-alcohol motifs (C(OH)–C–C–N with tert-alkyl or cyclic N) is 1. The van der Waals surface area contributed by atoms with Crippen LogP contribution in [0.15, 0.2) is 54.6 Å². The van der Waals surface area contributed by atoms with Crippen molar-refractivity contribution in [1.29, 1.82) is 0 Å². The Balaban J connectivity index is 1.64. The van der Waals surface area contributed by atoms with Crippen LogP contribution in [0.4, 0.5) is 4.39 Å². The molecule has 0 fully saturated rings. The van der Waals surface area contributed by atoms with Gasteiger partial charge in [0.25, 0.3) is 0 Å². The Hall–Kier alpha value is -3.66. The minimum Gasteiger partial charge on any atom is -0.493 e. The van der Waals surface area contributed by atoms with E-state index in [1.54, 1.807) is 31.2 Å². The van der Waals surface area contributed by atoms with Gasteiger partial charge in [-0.3, -0.25) is 0 Å². The average Bonchev–Trinajstić information content (AvgIpc) is 2.92. The van der Waals surface area contributed by atoms with Crippen LogP contribution >= 0.6 is 0 Å². The zero-order chi connectivity index (χ0) is 29.4. The number of carboxylic acid groups (broad SMARTS) is 1. The molecule has 0 saturated heterocycles. The lowest BCUT2D eigenvalue weighted by molar-refractivity contribution is -0.00483. The topological polar surface area (TPSA) is 106 Å². The molecule has 1 unspecified atom stereocenters. The molecule has 0 aliphatic carbocycles. The normalized spacial score (nSPS) is 13.0. The molecule has 3 rings (SSSR count). The van der Waals surface area contributed by atoms with Crippen LogP contribution < -0.4 is 19.5 Å². The molecule has 8 nitrogen and oxygen atoms in total. The highest BCUT2D eigenvalue weighted by Crippen LogP contribution is 2.43. The Morgan fingerprint density at radius 3 is 2.27 bits per heavy atom. The van der Waals surface area contributed by atoms with E-state index >= 15 is 0 Å². The molecule has 0 saturated carbocycles. The van der Waals surface area contributed by atoms with Crippen LogP contribution in [0.5, 0.6) is 23.0 Å². The van der Waals surface area contributed by atoms with E-state index in [9.17, 15) is 19.4 Å². The zero-order valence-electron chi connectivity index (χ0n) is 23.8. The number of halogens is 1. The molecule has 3 aromatic rings. The molecule has 0 bridgehead atoms. The van der Waals surface area contributed by atoms with Gasteiger partial charge in [0.1, 0.15) is 11.6 Å². The van der Waals surface area contributed by atoms with E-state index in [-0.39, 0.29) is 47.3 Å². The summed E-state index contributed by atoms with van der Waals surface area (Å²) in [6.45, 7) is 7.94. The fraction of sp³-hybridized carbons (Fsp3) is 0.387. The van der Waals surface area contributed by atoms with Gasteiger partial charge < -0.3 is 34.5 Å². The summed E-state index contributed by atoms with van der Waals surface area (Å²) in [6, 6.07) is 15.2. The quantitative estimate of drug-likeness (QED) is 0.233. The Labute approximate surface area is 234 Å². The van der Waals surface area contributed by atoms with Gasteiger partial charge in [0, 0.05) is 17.6 Å². The number of aryl methyl sites for hydroxylation is 1. The Morgan fingerprint density at radius 2 is 1.68 bits per heavy atom. The lowest BCUT2D eigenvalue weighted by Crippen LogP contribution is -2.46. The van der Waals surface area contributed by atoms with Crippen molar-refractivity contribution in [3.8, 4) is 23.0 Å². The number of carbonyl (C=O) groups is 1. The first-order valence-corrected chi connectivity index (χ1v) is 13.0. The first kappa shape index (κ1) is 30.9. The second-order valence-electron chi connectivity index (χ2n) is 10.3. The first-order chi connectivity index (χ1) is 18.9. The minimum absolute atomic E-state index is 0.00263. The molecule has 2 atom stereocenters. The predicted octanol–water partition coefficient (Wildman–Crippen LogP) is 5.69. The van der Waals surface area contributed by atoms with Gasteiger partial charge >= 0.3 is 5.97 Å². The third kappa shape index (κ3) is 8.17. The molecule has 0 amide bonds. The zero-order valence-corrected chi connectivity index (χ0v) is 23.8. The second kappa shape index (κ2) is 13.6.